The fourth-order valence-corrected chi connectivity index (χ4v) is 8.97. The molecule has 4 aromatic carbocycles. The second-order valence-electron chi connectivity index (χ2n) is 15.1. The molecular weight excluding hydrogens is 769 g/mol. The number of hydrogen-bond donors (Lipinski definition) is 1. The third-order valence-electron chi connectivity index (χ3n) is 11.2. The van der Waals surface area contributed by atoms with Gasteiger partial charge >= 0.3 is 0 Å². The minimum absolute atomic E-state index is 0.0225. The number of anilines is 1. The Hall–Kier alpha value is -5.25. The van der Waals surface area contributed by atoms with Crippen LogP contribution in [0, 0.1) is 17.0 Å². The second kappa shape index (κ2) is 17.3. The molecule has 2 unspecified atom stereocenters. The Labute approximate surface area is 337 Å². The van der Waals surface area contributed by atoms with Crippen LogP contribution in [0.5, 0.6) is 17.2 Å². The van der Waals surface area contributed by atoms with Gasteiger partial charge in [-0.1, -0.05) is 36.4 Å². The van der Waals surface area contributed by atoms with Crippen LogP contribution in [0.1, 0.15) is 36.0 Å². The Kier molecular flexibility index (Phi) is 12.2. The molecule has 1 N–H and O–H groups in total. The van der Waals surface area contributed by atoms with E-state index in [1.807, 2.05) is 24.3 Å². The molecule has 1 aromatic heterocycles. The van der Waals surface area contributed by atoms with E-state index in [4.69, 9.17) is 23.4 Å². The average molecular weight is 818 g/mol. The fraction of sp³-hybridized carbons (Fsp3) is 0.395. The van der Waals surface area contributed by atoms with Gasteiger partial charge in [0.15, 0.2) is 11.5 Å². The minimum atomic E-state index is -3.99. The fourth-order valence-electron chi connectivity index (χ4n) is 8.30. The van der Waals surface area contributed by atoms with Gasteiger partial charge in [0.1, 0.15) is 17.7 Å². The van der Waals surface area contributed by atoms with E-state index >= 15 is 0 Å². The molecule has 0 saturated carbocycles. The number of fused-ring (bicyclic) bond motifs is 1. The Morgan fingerprint density at radius 3 is 2.05 bits per heavy atom. The largest absolute Gasteiger partial charge is 0.493 e. The van der Waals surface area contributed by atoms with E-state index in [1.165, 1.54) is 45.6 Å². The number of imidazole rings is 1. The summed E-state index contributed by atoms with van der Waals surface area (Å²) in [6, 6.07) is 24.0. The van der Waals surface area contributed by atoms with Crippen molar-refractivity contribution < 1.29 is 40.4 Å². The van der Waals surface area contributed by atoms with Gasteiger partial charge in [-0.2, -0.15) is 8.42 Å². The maximum Gasteiger partial charge on any atom is 0.264 e. The highest BCUT2D eigenvalue weighted by molar-refractivity contribution is 7.86. The van der Waals surface area contributed by atoms with Crippen LogP contribution >= 0.6 is 0 Å². The zero-order valence-electron chi connectivity index (χ0n) is 33.1. The number of benzene rings is 4. The van der Waals surface area contributed by atoms with E-state index in [0.29, 0.717) is 47.9 Å². The van der Waals surface area contributed by atoms with Crippen LogP contribution in [0.2, 0.25) is 0 Å². The van der Waals surface area contributed by atoms with Crippen molar-refractivity contribution in [1.29, 1.82) is 0 Å². The number of nitrogens with zero attached hydrogens (tertiary/aromatic N) is 4. The first-order valence-electron chi connectivity index (χ1n) is 19.3. The lowest BCUT2D eigenvalue weighted by atomic mass is 9.75. The number of carbonyl (C=O) groups excluding carboxylic acids is 1. The summed E-state index contributed by atoms with van der Waals surface area (Å²) in [5, 5.41) is 3.67. The number of aromatic nitrogens is 2. The molecule has 12 nitrogen and oxygen atoms in total. The molecule has 1 amide bonds. The third-order valence-corrected chi connectivity index (χ3v) is 11.8. The summed E-state index contributed by atoms with van der Waals surface area (Å²) < 4.78 is 77.8. The number of carbonyl (C=O) groups is 1. The number of hydrogen-bond acceptors (Lipinski definition) is 10. The summed E-state index contributed by atoms with van der Waals surface area (Å²) in [5.41, 5.74) is 2.91. The molecule has 0 bridgehead atoms. The summed E-state index contributed by atoms with van der Waals surface area (Å²) in [5.74, 6) is 1.05. The second-order valence-corrected chi connectivity index (χ2v) is 16.7. The van der Waals surface area contributed by atoms with Crippen LogP contribution in [-0.2, 0) is 38.6 Å². The highest BCUT2D eigenvalue weighted by atomic mass is 32.2. The molecule has 308 valence electrons. The highest BCUT2D eigenvalue weighted by Crippen LogP contribution is 2.44. The number of para-hydroxylation sites is 2. The predicted octanol–water partition coefficient (Wildman–Crippen LogP) is 6.27. The van der Waals surface area contributed by atoms with Gasteiger partial charge in [-0.15, -0.1) is 0 Å². The van der Waals surface area contributed by atoms with Gasteiger partial charge in [-0.25, -0.2) is 13.8 Å². The monoisotopic (exact) mass is 817 g/mol. The van der Waals surface area contributed by atoms with Crippen LogP contribution in [0.25, 0.3) is 11.0 Å². The van der Waals surface area contributed by atoms with Crippen molar-refractivity contribution in [3.63, 3.8) is 0 Å². The molecule has 5 aromatic rings. The van der Waals surface area contributed by atoms with Crippen LogP contribution in [0.4, 0.5) is 14.7 Å². The number of methoxy groups -OCH3 is 3. The van der Waals surface area contributed by atoms with Crippen LogP contribution in [0.3, 0.4) is 0 Å². The first-order valence-corrected chi connectivity index (χ1v) is 21.1. The maximum absolute atomic E-state index is 14.8. The van der Waals surface area contributed by atoms with Crippen molar-refractivity contribution in [2.24, 2.45) is 5.41 Å². The molecule has 2 aliphatic rings. The van der Waals surface area contributed by atoms with Crippen LogP contribution in [0.15, 0.2) is 84.9 Å². The Balaban J connectivity index is 1.10. The number of nitrogens with one attached hydrogen (secondary N) is 1. The van der Waals surface area contributed by atoms with Gasteiger partial charge in [-0.3, -0.25) is 8.98 Å². The first kappa shape index (κ1) is 40.9. The minimum Gasteiger partial charge on any atom is -0.493 e. The quantitative estimate of drug-likeness (QED) is 0.114. The van der Waals surface area contributed by atoms with Crippen LogP contribution < -0.4 is 19.5 Å². The topological polar surface area (TPSA) is 124 Å². The van der Waals surface area contributed by atoms with E-state index in [2.05, 4.69) is 14.8 Å². The zero-order valence-corrected chi connectivity index (χ0v) is 33.9. The van der Waals surface area contributed by atoms with Crippen molar-refractivity contribution in [3.05, 3.63) is 113 Å². The molecule has 15 heteroatoms. The molecule has 0 spiro atoms. The van der Waals surface area contributed by atoms with Gasteiger partial charge in [0, 0.05) is 32.2 Å². The third kappa shape index (κ3) is 9.06. The Morgan fingerprint density at radius 1 is 0.828 bits per heavy atom. The maximum atomic E-state index is 14.8. The highest BCUT2D eigenvalue weighted by Gasteiger charge is 2.55. The molecule has 3 heterocycles. The summed E-state index contributed by atoms with van der Waals surface area (Å²) in [6.07, 6.45) is 2.05. The van der Waals surface area contributed by atoms with E-state index in [-0.39, 0.29) is 37.3 Å². The summed E-state index contributed by atoms with van der Waals surface area (Å²) in [6.45, 7) is 2.64. The smallest absolute Gasteiger partial charge is 0.264 e. The van der Waals surface area contributed by atoms with Crippen molar-refractivity contribution in [2.45, 2.75) is 50.9 Å². The van der Waals surface area contributed by atoms with E-state index in [9.17, 15) is 22.0 Å². The van der Waals surface area contributed by atoms with E-state index in [0.717, 1.165) is 54.7 Å². The Bertz CT molecular complexity index is 2310. The summed E-state index contributed by atoms with van der Waals surface area (Å²) in [4.78, 5) is 23.7. The summed E-state index contributed by atoms with van der Waals surface area (Å²) >= 11 is 0. The summed E-state index contributed by atoms with van der Waals surface area (Å²) in [7, 11) is 0.547. The molecule has 0 radical (unpaired) electrons. The molecule has 0 aliphatic carbocycles. The van der Waals surface area contributed by atoms with Gasteiger partial charge in [0.25, 0.3) is 10.1 Å². The van der Waals surface area contributed by atoms with Crippen LogP contribution in [-0.4, -0.2) is 99.6 Å². The van der Waals surface area contributed by atoms with Crippen molar-refractivity contribution in [3.8, 4) is 17.2 Å². The molecular formula is C43H49F2N5O7S. The lowest BCUT2D eigenvalue weighted by Crippen LogP contribution is -2.47. The van der Waals surface area contributed by atoms with E-state index < -0.39 is 27.5 Å². The standard InChI is InChI=1S/C43H49F2N5O7S/c1-54-37-23-31(24-38(55-2)40(37)56-3)26-49-28-39(57-58(4,52)53)43(41(49)51,25-29-9-13-32(44)14-10-29)19-22-48-20-17-34(18-21-48)46-42-47-35-7-5-6-8-36(35)50(42)27-30-11-15-33(45)16-12-30/h5-16,23-24,34,39H,17-22,25-28H2,1-4H3,(H,46,47). The number of ether oxygens (including phenoxy) is 3. The number of piperidine rings is 1. The normalized spacial score (nSPS) is 19.2. The van der Waals surface area contributed by atoms with Crippen molar-refractivity contribution in [1.82, 2.24) is 19.4 Å². The molecule has 2 atom stereocenters. The first-order chi connectivity index (χ1) is 27.9. The van der Waals surface area contributed by atoms with E-state index in [1.54, 1.807) is 41.3 Å². The Morgan fingerprint density at radius 2 is 1.45 bits per heavy atom. The van der Waals surface area contributed by atoms with Gasteiger partial charge < -0.3 is 33.9 Å². The molecule has 58 heavy (non-hydrogen) atoms. The molecule has 2 fully saturated rings. The van der Waals surface area contributed by atoms with Crippen molar-refractivity contribution >= 4 is 33.0 Å². The van der Waals surface area contributed by atoms with Crippen molar-refractivity contribution in [2.75, 3.05) is 59.1 Å². The van der Waals surface area contributed by atoms with Gasteiger partial charge in [-0.05, 0) is 97.4 Å². The lowest BCUT2D eigenvalue weighted by Gasteiger charge is -2.37. The molecule has 2 aliphatic heterocycles. The number of halogens is 2. The molecule has 2 saturated heterocycles. The van der Waals surface area contributed by atoms with Gasteiger partial charge in [0.2, 0.25) is 17.6 Å². The SMILES string of the molecule is COc1cc(CN2CC(OS(C)(=O)=O)C(CCN3CCC(Nc4nc5ccccc5n4Cc4ccc(F)cc4)CC3)(Cc3ccc(F)cc3)C2=O)cc(OC)c1OC. The number of rotatable bonds is 16. The lowest BCUT2D eigenvalue weighted by molar-refractivity contribution is -0.138. The number of likely N-dealkylation sites (tertiary alicyclic amines) is 2. The van der Waals surface area contributed by atoms with Gasteiger partial charge in [0.05, 0.1) is 50.6 Å². The number of amides is 1. The molecule has 7 rings (SSSR count). The zero-order chi connectivity index (χ0) is 41.0. The average Bonchev–Trinajstić information content (AvgIpc) is 3.67. The predicted molar refractivity (Wildman–Crippen MR) is 217 cm³/mol.